The fourth-order valence-corrected chi connectivity index (χ4v) is 14.8. The van der Waals surface area contributed by atoms with Crippen LogP contribution >= 0.6 is 11.6 Å². The number of halogens is 4. The number of rotatable bonds is 21. The van der Waals surface area contributed by atoms with E-state index < -0.39 is 75.5 Å². The van der Waals surface area contributed by atoms with Gasteiger partial charge in [-0.2, -0.15) is 13.2 Å². The van der Waals surface area contributed by atoms with Crippen LogP contribution in [0.1, 0.15) is 101 Å². The number of para-hydroxylation sites is 2. The third-order valence-corrected chi connectivity index (χ3v) is 20.7. The second kappa shape index (κ2) is 32.0. The van der Waals surface area contributed by atoms with Crippen LogP contribution < -0.4 is 30.7 Å². The van der Waals surface area contributed by atoms with E-state index in [9.17, 15) is 47.1 Å². The number of pyridine rings is 3. The number of carbonyl (C=O) groups excluding carboxylic acids is 6. The van der Waals surface area contributed by atoms with Gasteiger partial charge in [-0.1, -0.05) is 96.5 Å². The fourth-order valence-electron chi connectivity index (χ4n) is 14.6. The smallest absolute Gasteiger partial charge is 0.433 e. The number of alkyl halides is 3. The number of hydroxylamine groups is 3. The van der Waals surface area contributed by atoms with E-state index in [1.54, 1.807) is 78.9 Å². The zero-order valence-corrected chi connectivity index (χ0v) is 59.4. The highest BCUT2D eigenvalue weighted by Crippen LogP contribution is 2.58. The van der Waals surface area contributed by atoms with Crippen LogP contribution in [-0.2, 0) is 88.7 Å². The minimum atomic E-state index is -4.58. The normalized spacial score (nSPS) is 21.1. The van der Waals surface area contributed by atoms with Gasteiger partial charge in [-0.15, -0.1) is 0 Å². The van der Waals surface area contributed by atoms with Crippen LogP contribution in [-0.4, -0.2) is 122 Å². The van der Waals surface area contributed by atoms with Crippen LogP contribution in [0.3, 0.4) is 0 Å². The quantitative estimate of drug-likeness (QED) is 0.0221. The molecule has 0 spiro atoms. The number of nitrogens with zero attached hydrogens (tertiary/aromatic N) is 5. The van der Waals surface area contributed by atoms with Crippen molar-refractivity contribution >= 4 is 69.0 Å². The summed E-state index contributed by atoms with van der Waals surface area (Å²) >= 11 is 6.28. The third-order valence-electron chi connectivity index (χ3n) is 20.5. The van der Waals surface area contributed by atoms with E-state index in [4.69, 9.17) is 45.7 Å². The van der Waals surface area contributed by atoms with Crippen molar-refractivity contribution in [3.63, 3.8) is 0 Å². The molecule has 4 heterocycles. The Hall–Kier alpha value is -10.6. The van der Waals surface area contributed by atoms with E-state index in [0.717, 1.165) is 93.2 Å². The highest BCUT2D eigenvalue weighted by molar-refractivity contribution is 6.30. The number of aromatic nitrogens is 3. The van der Waals surface area contributed by atoms with Crippen LogP contribution in [0, 0.1) is 35.5 Å². The Balaban J connectivity index is 0.000000149. The van der Waals surface area contributed by atoms with Gasteiger partial charge in [0.15, 0.2) is 6.10 Å². The lowest BCUT2D eigenvalue weighted by Gasteiger charge is -2.35. The molecule has 1 saturated heterocycles. The van der Waals surface area contributed by atoms with Crippen LogP contribution in [0.2, 0.25) is 5.02 Å². The van der Waals surface area contributed by atoms with Crippen molar-refractivity contribution in [3.05, 3.63) is 237 Å². The van der Waals surface area contributed by atoms with Crippen molar-refractivity contribution in [2.75, 3.05) is 46.4 Å². The van der Waals surface area contributed by atoms with Gasteiger partial charge in [0.05, 0.1) is 63.9 Å². The molecule has 4 aliphatic carbocycles. The molecule has 6 aromatic carbocycles. The highest BCUT2D eigenvalue weighted by atomic mass is 35.5. The molecule has 3 saturated carbocycles. The molecule has 26 heteroatoms. The van der Waals surface area contributed by atoms with E-state index in [0.29, 0.717) is 72.2 Å². The van der Waals surface area contributed by atoms with Gasteiger partial charge in [-0.3, -0.25) is 54.4 Å². The number of fused-ring (bicyclic) bond motifs is 4. The SMILES string of the molecule is CCOC(=O)[C@@]1(Cc2ccc(OC3c4ccc(Cl)cc4CCc4cccnc43)cc2)C[C@@H]1C(=O)NO.CCOC(=O)[C@@]1(Cc2ccc(OCc3cc(C(F)(F)F)nc4ccccc34)cc2)C[C@@H]1C(=O)NO.Cc1cc(COc2cccc([C@@]3(C(=O)N4CCN(C)CC4)C[C@H]3C(=O)NO)c2)c2ccccc2n1. The number of esters is 2. The second-order valence-electron chi connectivity index (χ2n) is 27.3. The zero-order chi connectivity index (χ0) is 75.1. The average molecular weight is 1470 g/mol. The Labute approximate surface area is 614 Å². The monoisotopic (exact) mass is 1470 g/mol. The Morgan fingerprint density at radius 2 is 1.13 bits per heavy atom. The molecule has 4 fully saturated rings. The Bertz CT molecular complexity index is 4760. The number of ether oxygens (including phenoxy) is 5. The van der Waals surface area contributed by atoms with E-state index in [2.05, 4.69) is 25.9 Å². The molecule has 4 amide bonds. The third kappa shape index (κ3) is 16.3. The van der Waals surface area contributed by atoms with E-state index in [1.165, 1.54) is 6.07 Å². The van der Waals surface area contributed by atoms with Crippen molar-refractivity contribution in [2.24, 2.45) is 28.6 Å². The summed E-state index contributed by atoms with van der Waals surface area (Å²) in [6.45, 7) is 8.84. The molecular formula is C80H80ClF3N8O14. The lowest BCUT2D eigenvalue weighted by Crippen LogP contribution is -2.51. The molecule has 5 aliphatic rings. The maximum atomic E-state index is 13.7. The Morgan fingerprint density at radius 1 is 0.585 bits per heavy atom. The summed E-state index contributed by atoms with van der Waals surface area (Å²) in [6.07, 6.45) is 0.0443. The van der Waals surface area contributed by atoms with Gasteiger partial charge in [0.1, 0.15) is 36.2 Å². The van der Waals surface area contributed by atoms with Crippen molar-refractivity contribution < 1.29 is 81.2 Å². The Morgan fingerprint density at radius 3 is 1.72 bits per heavy atom. The van der Waals surface area contributed by atoms with Gasteiger partial charge in [0.25, 0.3) is 0 Å². The summed E-state index contributed by atoms with van der Waals surface area (Å²) < 4.78 is 68.6. The predicted molar refractivity (Wildman–Crippen MR) is 382 cm³/mol. The van der Waals surface area contributed by atoms with Crippen molar-refractivity contribution in [3.8, 4) is 17.2 Å². The molecular weight excluding hydrogens is 1390 g/mol. The fraction of sp³-hybridized carbons (Fsp3) is 0.338. The van der Waals surface area contributed by atoms with Crippen molar-refractivity contribution in [1.29, 1.82) is 0 Å². The lowest BCUT2D eigenvalue weighted by atomic mass is 9.90. The molecule has 9 aromatic rings. The van der Waals surface area contributed by atoms with Crippen LogP contribution in [0.15, 0.2) is 170 Å². The van der Waals surface area contributed by atoms with E-state index >= 15 is 0 Å². The van der Waals surface area contributed by atoms with Gasteiger partial charge >= 0.3 is 18.1 Å². The first kappa shape index (κ1) is 75.1. The highest BCUT2D eigenvalue weighted by Gasteiger charge is 2.67. The number of aryl methyl sites for hydroxylation is 3. The number of nitrogens with one attached hydrogen (secondary N) is 3. The van der Waals surface area contributed by atoms with Crippen LogP contribution in [0.5, 0.6) is 17.2 Å². The minimum Gasteiger partial charge on any atom is -0.489 e. The summed E-state index contributed by atoms with van der Waals surface area (Å²) in [4.78, 5) is 92.1. The van der Waals surface area contributed by atoms with Gasteiger partial charge < -0.3 is 33.5 Å². The molecule has 14 rings (SSSR count). The first-order valence-electron chi connectivity index (χ1n) is 34.9. The minimum absolute atomic E-state index is 0.0629. The average Bonchev–Trinajstić information content (AvgIpc) is 1.56. The molecule has 3 aromatic heterocycles. The van der Waals surface area contributed by atoms with Gasteiger partial charge in [0.2, 0.25) is 23.6 Å². The molecule has 106 heavy (non-hydrogen) atoms. The maximum Gasteiger partial charge on any atom is 0.433 e. The molecule has 552 valence electrons. The largest absolute Gasteiger partial charge is 0.489 e. The number of likely N-dealkylation sites (N-methyl/N-ethyl adjacent to an activating group) is 1. The molecule has 0 bridgehead atoms. The number of carbonyl (C=O) groups is 6. The van der Waals surface area contributed by atoms with E-state index in [-0.39, 0.29) is 50.2 Å². The molecule has 0 radical (unpaired) electrons. The summed E-state index contributed by atoms with van der Waals surface area (Å²) in [5.74, 6) is -2.92. The molecule has 7 atom stereocenters. The topological polar surface area (TPSA) is 290 Å². The molecule has 1 aliphatic heterocycles. The van der Waals surface area contributed by atoms with Gasteiger partial charge in [-0.05, 0) is 179 Å². The summed E-state index contributed by atoms with van der Waals surface area (Å²) in [6, 6.07) is 49.1. The Kier molecular flexibility index (Phi) is 22.7. The first-order chi connectivity index (χ1) is 51.0. The molecule has 22 nitrogen and oxygen atoms in total. The second-order valence-corrected chi connectivity index (χ2v) is 27.7. The van der Waals surface area contributed by atoms with Crippen LogP contribution in [0.4, 0.5) is 13.2 Å². The zero-order valence-electron chi connectivity index (χ0n) is 58.7. The lowest BCUT2D eigenvalue weighted by molar-refractivity contribution is -0.152. The number of piperazine rings is 1. The summed E-state index contributed by atoms with van der Waals surface area (Å²) in [5.41, 5.74) is 11.0. The van der Waals surface area contributed by atoms with Gasteiger partial charge in [0, 0.05) is 70.6 Å². The van der Waals surface area contributed by atoms with Gasteiger partial charge in [-0.25, -0.2) is 21.4 Å². The van der Waals surface area contributed by atoms with E-state index in [1.807, 2.05) is 122 Å². The number of hydrogen-bond donors (Lipinski definition) is 6. The van der Waals surface area contributed by atoms with Crippen LogP contribution in [0.25, 0.3) is 21.8 Å². The molecule has 6 N–H and O–H groups in total. The van der Waals surface area contributed by atoms with Crippen molar-refractivity contribution in [1.82, 2.24) is 41.2 Å². The standard InChI is InChI=1S/C28H27ClN2O5.C27H30N4O4.C25H23F3N2O5/c1-2-35-27(33)28(16-23(28)26(32)31-34)15-17-5-10-21(11-6-17)36-25-22-12-9-20(29)14-19(22)8-7-18-4-3-13-30-24(18)25;1-18-14-19(22-8-3-4-9-24(22)28-18)17-35-21-7-5-6-20(15-21)27(16-23(27)25(32)29-34)26(33)31-12-10-30(2)11-13-31;1-2-34-23(32)24(13-19(24)22(31)30-33)12-15-7-9-17(10-8-15)35-14-16-11-21(25(26,27)28)29-20-6-4-3-5-18(16)20/h3-6,9-14,23,25,34H,2,7-8,15-16H2,1H3,(H,31,32);3-9,14-15,23,34H,10-13,16-17H2,1-2H3,(H,29,32);3-11,19,33H,2,12-14H2,1H3,(H,30,31)/t23-,25?,28+;23-,27-;19-,24+/m101/s1. The summed E-state index contributed by atoms with van der Waals surface area (Å²) in [5, 5.41) is 29.5. The summed E-state index contributed by atoms with van der Waals surface area (Å²) in [7, 11) is 2.03. The number of amides is 4. The molecule has 1 unspecified atom stereocenters. The number of hydrogen-bond acceptors (Lipinski definition) is 18. The first-order valence-corrected chi connectivity index (χ1v) is 35.3. The maximum absolute atomic E-state index is 13.7. The predicted octanol–water partition coefficient (Wildman–Crippen LogP) is 11.7. The van der Waals surface area contributed by atoms with Crippen molar-refractivity contribution in [2.45, 2.75) is 96.6 Å². The number of benzene rings is 6.